The molecule has 1 aromatic rings. The molecular formula is C18H27N3O2. The van der Waals surface area contributed by atoms with E-state index in [0.717, 1.165) is 57.8 Å². The Bertz CT molecular complexity index is 504. The predicted octanol–water partition coefficient (Wildman–Crippen LogP) is 1.48. The highest BCUT2D eigenvalue weighted by molar-refractivity contribution is 5.78. The monoisotopic (exact) mass is 317 g/mol. The van der Waals surface area contributed by atoms with Gasteiger partial charge in [0, 0.05) is 31.2 Å². The van der Waals surface area contributed by atoms with Gasteiger partial charge in [0.25, 0.3) is 0 Å². The number of carbonyl (C=O) groups is 1. The first-order chi connectivity index (χ1) is 11.2. The minimum Gasteiger partial charge on any atom is -0.378 e. The van der Waals surface area contributed by atoms with Crippen molar-refractivity contribution in [3.63, 3.8) is 0 Å². The highest BCUT2D eigenvalue weighted by Gasteiger charge is 2.22. The molecule has 2 aliphatic rings. The van der Waals surface area contributed by atoms with Crippen LogP contribution in [0.3, 0.4) is 0 Å². The summed E-state index contributed by atoms with van der Waals surface area (Å²) in [5.74, 6) is 0.383. The summed E-state index contributed by atoms with van der Waals surface area (Å²) in [5.41, 5.74) is 2.39. The Labute approximate surface area is 138 Å². The quantitative estimate of drug-likeness (QED) is 0.914. The standard InChI is InChI=1S/C18H27N3O2/c1-20-8-6-16(7-9-20)18(22)19-14-15-2-4-17(5-3-15)21-10-12-23-13-11-21/h2-5,16H,6-14H2,1H3,(H,19,22). The van der Waals surface area contributed by atoms with Crippen LogP contribution in [-0.4, -0.2) is 57.2 Å². The van der Waals surface area contributed by atoms with Crippen molar-refractivity contribution in [1.29, 1.82) is 0 Å². The lowest BCUT2D eigenvalue weighted by Gasteiger charge is -2.29. The first kappa shape index (κ1) is 16.3. The van der Waals surface area contributed by atoms with Crippen LogP contribution in [-0.2, 0) is 16.1 Å². The van der Waals surface area contributed by atoms with Gasteiger partial charge in [0.15, 0.2) is 0 Å². The van der Waals surface area contributed by atoms with Crippen molar-refractivity contribution < 1.29 is 9.53 Å². The van der Waals surface area contributed by atoms with E-state index < -0.39 is 0 Å². The second-order valence-electron chi connectivity index (χ2n) is 6.56. The van der Waals surface area contributed by atoms with Crippen LogP contribution in [0, 0.1) is 5.92 Å². The van der Waals surface area contributed by atoms with Crippen LogP contribution in [0.15, 0.2) is 24.3 Å². The largest absolute Gasteiger partial charge is 0.378 e. The summed E-state index contributed by atoms with van der Waals surface area (Å²) in [7, 11) is 2.12. The van der Waals surface area contributed by atoms with E-state index >= 15 is 0 Å². The lowest BCUT2D eigenvalue weighted by atomic mass is 9.96. The van der Waals surface area contributed by atoms with E-state index in [2.05, 4.69) is 46.4 Å². The normalized spacial score (nSPS) is 20.5. The molecule has 0 atom stereocenters. The number of benzene rings is 1. The summed E-state index contributed by atoms with van der Waals surface area (Å²) in [5, 5.41) is 3.09. The third kappa shape index (κ3) is 4.45. The van der Waals surface area contributed by atoms with Gasteiger partial charge < -0.3 is 19.9 Å². The molecule has 2 fully saturated rings. The van der Waals surface area contributed by atoms with Crippen LogP contribution >= 0.6 is 0 Å². The molecule has 2 saturated heterocycles. The zero-order valence-electron chi connectivity index (χ0n) is 14.0. The molecule has 1 amide bonds. The Hall–Kier alpha value is -1.59. The van der Waals surface area contributed by atoms with E-state index in [1.165, 1.54) is 5.69 Å². The lowest BCUT2D eigenvalue weighted by molar-refractivity contribution is -0.126. The number of anilines is 1. The molecule has 1 aromatic carbocycles. The highest BCUT2D eigenvalue weighted by atomic mass is 16.5. The van der Waals surface area contributed by atoms with E-state index in [0.29, 0.717) is 6.54 Å². The van der Waals surface area contributed by atoms with Crippen LogP contribution in [0.25, 0.3) is 0 Å². The fourth-order valence-corrected chi connectivity index (χ4v) is 3.25. The van der Waals surface area contributed by atoms with Crippen LogP contribution in [0.5, 0.6) is 0 Å². The number of rotatable bonds is 4. The number of hydrogen-bond acceptors (Lipinski definition) is 4. The van der Waals surface area contributed by atoms with E-state index in [9.17, 15) is 4.79 Å². The second kappa shape index (κ2) is 7.79. The van der Waals surface area contributed by atoms with Crippen LogP contribution in [0.4, 0.5) is 5.69 Å². The number of amides is 1. The van der Waals surface area contributed by atoms with Crippen molar-refractivity contribution in [2.45, 2.75) is 19.4 Å². The molecule has 2 heterocycles. The molecule has 0 radical (unpaired) electrons. The van der Waals surface area contributed by atoms with Gasteiger partial charge in [0.05, 0.1) is 13.2 Å². The van der Waals surface area contributed by atoms with Gasteiger partial charge in [-0.3, -0.25) is 4.79 Å². The molecule has 5 heteroatoms. The Balaban J connectivity index is 1.47. The molecule has 0 bridgehead atoms. The maximum absolute atomic E-state index is 12.2. The van der Waals surface area contributed by atoms with Crippen molar-refractivity contribution in [3.05, 3.63) is 29.8 Å². The van der Waals surface area contributed by atoms with Crippen molar-refractivity contribution in [1.82, 2.24) is 10.2 Å². The molecule has 23 heavy (non-hydrogen) atoms. The summed E-state index contributed by atoms with van der Waals surface area (Å²) >= 11 is 0. The van der Waals surface area contributed by atoms with Crippen LogP contribution < -0.4 is 10.2 Å². The molecule has 0 unspecified atom stereocenters. The van der Waals surface area contributed by atoms with E-state index in [1.54, 1.807) is 0 Å². The van der Waals surface area contributed by atoms with Gasteiger partial charge in [0.1, 0.15) is 0 Å². The molecule has 0 aromatic heterocycles. The Morgan fingerprint density at radius 1 is 1.13 bits per heavy atom. The maximum Gasteiger partial charge on any atom is 0.223 e. The predicted molar refractivity (Wildman–Crippen MR) is 91.5 cm³/mol. The van der Waals surface area contributed by atoms with Crippen molar-refractivity contribution in [2.24, 2.45) is 5.92 Å². The molecule has 3 rings (SSSR count). The number of morpholine rings is 1. The maximum atomic E-state index is 12.2. The first-order valence-corrected chi connectivity index (χ1v) is 8.60. The van der Waals surface area contributed by atoms with Gasteiger partial charge in [-0.15, -0.1) is 0 Å². The Morgan fingerprint density at radius 3 is 2.43 bits per heavy atom. The third-order valence-corrected chi connectivity index (χ3v) is 4.87. The van der Waals surface area contributed by atoms with E-state index in [1.807, 2.05) is 0 Å². The Morgan fingerprint density at radius 2 is 1.78 bits per heavy atom. The second-order valence-corrected chi connectivity index (χ2v) is 6.56. The molecule has 5 nitrogen and oxygen atoms in total. The molecule has 126 valence electrons. The molecule has 0 saturated carbocycles. The van der Waals surface area contributed by atoms with Gasteiger partial charge in [-0.05, 0) is 50.7 Å². The van der Waals surface area contributed by atoms with Gasteiger partial charge >= 0.3 is 0 Å². The third-order valence-electron chi connectivity index (χ3n) is 4.87. The SMILES string of the molecule is CN1CCC(C(=O)NCc2ccc(N3CCOCC3)cc2)CC1. The fourth-order valence-electron chi connectivity index (χ4n) is 3.25. The summed E-state index contributed by atoms with van der Waals surface area (Å²) < 4.78 is 5.38. The number of nitrogens with zero attached hydrogens (tertiary/aromatic N) is 2. The first-order valence-electron chi connectivity index (χ1n) is 8.60. The average Bonchev–Trinajstić information content (AvgIpc) is 2.61. The van der Waals surface area contributed by atoms with Gasteiger partial charge in [-0.2, -0.15) is 0 Å². The van der Waals surface area contributed by atoms with Crippen molar-refractivity contribution in [2.75, 3.05) is 51.3 Å². The molecule has 0 spiro atoms. The smallest absolute Gasteiger partial charge is 0.223 e. The van der Waals surface area contributed by atoms with Gasteiger partial charge in [-0.1, -0.05) is 12.1 Å². The average molecular weight is 317 g/mol. The van der Waals surface area contributed by atoms with Gasteiger partial charge in [0.2, 0.25) is 5.91 Å². The number of likely N-dealkylation sites (tertiary alicyclic amines) is 1. The van der Waals surface area contributed by atoms with E-state index in [4.69, 9.17) is 4.74 Å². The molecule has 2 aliphatic heterocycles. The minimum absolute atomic E-state index is 0.179. The Kier molecular flexibility index (Phi) is 5.51. The minimum atomic E-state index is 0.179. The number of hydrogen-bond donors (Lipinski definition) is 1. The summed E-state index contributed by atoms with van der Waals surface area (Å²) in [6.45, 7) is 6.16. The lowest BCUT2D eigenvalue weighted by Crippen LogP contribution is -2.38. The number of carbonyl (C=O) groups excluding carboxylic acids is 1. The molecule has 1 N–H and O–H groups in total. The zero-order valence-corrected chi connectivity index (χ0v) is 14.0. The number of piperidine rings is 1. The van der Waals surface area contributed by atoms with Crippen molar-refractivity contribution >= 4 is 11.6 Å². The molecular weight excluding hydrogens is 290 g/mol. The van der Waals surface area contributed by atoms with Crippen molar-refractivity contribution in [3.8, 4) is 0 Å². The summed E-state index contributed by atoms with van der Waals surface area (Å²) in [6, 6.07) is 8.50. The molecule has 0 aliphatic carbocycles. The van der Waals surface area contributed by atoms with Crippen LogP contribution in [0.2, 0.25) is 0 Å². The van der Waals surface area contributed by atoms with Crippen LogP contribution in [0.1, 0.15) is 18.4 Å². The highest BCUT2D eigenvalue weighted by Crippen LogP contribution is 2.18. The zero-order chi connectivity index (χ0) is 16.1. The topological polar surface area (TPSA) is 44.8 Å². The number of ether oxygens (including phenoxy) is 1. The van der Waals surface area contributed by atoms with Gasteiger partial charge in [-0.25, -0.2) is 0 Å². The van der Waals surface area contributed by atoms with E-state index in [-0.39, 0.29) is 11.8 Å². The number of nitrogens with one attached hydrogen (secondary N) is 1. The fraction of sp³-hybridized carbons (Fsp3) is 0.611. The summed E-state index contributed by atoms with van der Waals surface area (Å²) in [6.07, 6.45) is 1.94. The summed E-state index contributed by atoms with van der Waals surface area (Å²) in [4.78, 5) is 16.9.